The van der Waals surface area contributed by atoms with Crippen molar-refractivity contribution in [2.24, 2.45) is 0 Å². The fourth-order valence-corrected chi connectivity index (χ4v) is 5.29. The van der Waals surface area contributed by atoms with E-state index in [0.717, 1.165) is 22.7 Å². The third-order valence-electron chi connectivity index (χ3n) is 7.16. The Morgan fingerprint density at radius 2 is 0.923 bits per heavy atom. The van der Waals surface area contributed by atoms with Crippen molar-refractivity contribution in [2.45, 2.75) is 0 Å². The molecular formula is C36H27N3. The van der Waals surface area contributed by atoms with Crippen molar-refractivity contribution in [2.75, 3.05) is 10.6 Å². The van der Waals surface area contributed by atoms with Crippen LogP contribution in [-0.4, -0.2) is 4.57 Å². The van der Waals surface area contributed by atoms with Crippen LogP contribution in [-0.2, 0) is 0 Å². The van der Waals surface area contributed by atoms with E-state index in [1.54, 1.807) is 0 Å². The molecule has 0 amide bonds. The highest BCUT2D eigenvalue weighted by Crippen LogP contribution is 2.35. The molecule has 0 aliphatic heterocycles. The van der Waals surface area contributed by atoms with Crippen LogP contribution >= 0.6 is 0 Å². The van der Waals surface area contributed by atoms with Gasteiger partial charge in [-0.25, -0.2) is 0 Å². The van der Waals surface area contributed by atoms with E-state index >= 15 is 0 Å². The summed E-state index contributed by atoms with van der Waals surface area (Å²) in [6.45, 7) is 0. The van der Waals surface area contributed by atoms with Crippen molar-refractivity contribution >= 4 is 44.6 Å². The Hall–Kier alpha value is -5.28. The quantitative estimate of drug-likeness (QED) is 0.237. The molecule has 3 heteroatoms. The van der Waals surface area contributed by atoms with Crippen molar-refractivity contribution in [3.8, 4) is 16.8 Å². The van der Waals surface area contributed by atoms with Gasteiger partial charge in [-0.2, -0.15) is 0 Å². The maximum atomic E-state index is 3.58. The molecule has 0 unspecified atom stereocenters. The van der Waals surface area contributed by atoms with Crippen LogP contribution in [0.5, 0.6) is 0 Å². The standard InChI is InChI=1S/C36H27N3/c1-3-11-28(12-4-1)37-33-16-8-9-17-34(33)38-29-22-19-26(20-23-29)27-21-24-36-32(25-27)31-15-7-10-18-35(31)39(36)30-13-5-2-6-14-30/h1-25,37-38H. The number of anilines is 4. The monoisotopic (exact) mass is 501 g/mol. The molecule has 0 saturated carbocycles. The van der Waals surface area contributed by atoms with E-state index < -0.39 is 0 Å². The summed E-state index contributed by atoms with van der Waals surface area (Å²) < 4.78 is 2.35. The Morgan fingerprint density at radius 3 is 1.64 bits per heavy atom. The largest absolute Gasteiger partial charge is 0.354 e. The first-order valence-electron chi connectivity index (χ1n) is 13.2. The highest BCUT2D eigenvalue weighted by molar-refractivity contribution is 6.10. The van der Waals surface area contributed by atoms with E-state index in [9.17, 15) is 0 Å². The van der Waals surface area contributed by atoms with Gasteiger partial charge in [-0.05, 0) is 77.9 Å². The van der Waals surface area contributed by atoms with E-state index in [2.05, 4.69) is 137 Å². The molecule has 2 N–H and O–H groups in total. The van der Waals surface area contributed by atoms with E-state index in [-0.39, 0.29) is 0 Å². The fourth-order valence-electron chi connectivity index (χ4n) is 5.29. The second-order valence-electron chi connectivity index (χ2n) is 9.66. The minimum Gasteiger partial charge on any atom is -0.354 e. The predicted molar refractivity (Wildman–Crippen MR) is 166 cm³/mol. The SMILES string of the molecule is c1ccc(Nc2ccccc2Nc2ccc(-c3ccc4c(c3)c3ccccc3n4-c3ccccc3)cc2)cc1. The summed E-state index contributed by atoms with van der Waals surface area (Å²) >= 11 is 0. The van der Waals surface area contributed by atoms with Gasteiger partial charge in [0.25, 0.3) is 0 Å². The van der Waals surface area contributed by atoms with Gasteiger partial charge in [0.1, 0.15) is 0 Å². The van der Waals surface area contributed by atoms with Crippen LogP contribution in [0.2, 0.25) is 0 Å². The van der Waals surface area contributed by atoms with E-state index in [0.29, 0.717) is 0 Å². The summed E-state index contributed by atoms with van der Waals surface area (Å²) in [5.41, 5.74) is 10.2. The van der Waals surface area contributed by atoms with Crippen molar-refractivity contribution in [3.05, 3.63) is 152 Å². The zero-order valence-electron chi connectivity index (χ0n) is 21.4. The first-order chi connectivity index (χ1) is 19.3. The Kier molecular flexibility index (Phi) is 5.80. The normalized spacial score (nSPS) is 11.1. The minimum atomic E-state index is 1.03. The number of rotatable bonds is 6. The highest BCUT2D eigenvalue weighted by atomic mass is 15.0. The van der Waals surface area contributed by atoms with Crippen molar-refractivity contribution in [1.82, 2.24) is 4.57 Å². The van der Waals surface area contributed by atoms with Crippen molar-refractivity contribution in [1.29, 1.82) is 0 Å². The molecule has 0 saturated heterocycles. The molecule has 1 heterocycles. The summed E-state index contributed by atoms with van der Waals surface area (Å²) in [5.74, 6) is 0. The van der Waals surface area contributed by atoms with Crippen LogP contribution in [0.1, 0.15) is 0 Å². The molecule has 0 aliphatic carbocycles. The third kappa shape index (κ3) is 4.41. The lowest BCUT2D eigenvalue weighted by atomic mass is 10.0. The number of nitrogens with zero attached hydrogens (tertiary/aromatic N) is 1. The molecule has 186 valence electrons. The molecule has 3 nitrogen and oxygen atoms in total. The molecule has 7 aromatic rings. The second-order valence-corrected chi connectivity index (χ2v) is 9.66. The Bertz CT molecular complexity index is 1890. The predicted octanol–water partition coefficient (Wildman–Crippen LogP) is 9.94. The summed E-state index contributed by atoms with van der Waals surface area (Å²) in [6, 6.07) is 53.2. The molecule has 1 aromatic heterocycles. The fraction of sp³-hybridized carbons (Fsp3) is 0. The van der Waals surface area contributed by atoms with Gasteiger partial charge in [0.05, 0.1) is 22.4 Å². The molecule has 39 heavy (non-hydrogen) atoms. The van der Waals surface area contributed by atoms with Gasteiger partial charge in [-0.15, -0.1) is 0 Å². The van der Waals surface area contributed by atoms with E-state index in [1.165, 1.54) is 38.6 Å². The molecule has 0 spiro atoms. The van der Waals surface area contributed by atoms with E-state index in [1.807, 2.05) is 30.3 Å². The number of hydrogen-bond acceptors (Lipinski definition) is 2. The molecule has 0 radical (unpaired) electrons. The highest BCUT2D eigenvalue weighted by Gasteiger charge is 2.13. The Balaban J connectivity index is 1.21. The Morgan fingerprint density at radius 1 is 0.385 bits per heavy atom. The lowest BCUT2D eigenvalue weighted by Gasteiger charge is -2.14. The number of nitrogens with one attached hydrogen (secondary N) is 2. The smallest absolute Gasteiger partial charge is 0.0623 e. The first kappa shape index (κ1) is 22.9. The average Bonchev–Trinajstić information content (AvgIpc) is 3.33. The van der Waals surface area contributed by atoms with Gasteiger partial charge in [-0.1, -0.05) is 84.9 Å². The van der Waals surface area contributed by atoms with Gasteiger partial charge >= 0.3 is 0 Å². The van der Waals surface area contributed by atoms with Crippen LogP contribution in [0.25, 0.3) is 38.6 Å². The maximum Gasteiger partial charge on any atom is 0.0623 e. The van der Waals surface area contributed by atoms with Crippen LogP contribution in [0.4, 0.5) is 22.7 Å². The molecule has 6 aromatic carbocycles. The second kappa shape index (κ2) is 9.88. The average molecular weight is 502 g/mol. The van der Waals surface area contributed by atoms with Crippen molar-refractivity contribution in [3.63, 3.8) is 0 Å². The Labute approximate surface area is 228 Å². The van der Waals surface area contributed by atoms with Crippen molar-refractivity contribution < 1.29 is 0 Å². The third-order valence-corrected chi connectivity index (χ3v) is 7.16. The van der Waals surface area contributed by atoms with Gasteiger partial charge in [0.2, 0.25) is 0 Å². The van der Waals surface area contributed by atoms with Gasteiger partial charge < -0.3 is 15.2 Å². The summed E-state index contributed by atoms with van der Waals surface area (Å²) in [7, 11) is 0. The topological polar surface area (TPSA) is 29.0 Å². The van der Waals surface area contributed by atoms with Crippen LogP contribution in [0, 0.1) is 0 Å². The lowest BCUT2D eigenvalue weighted by Crippen LogP contribution is -1.97. The molecule has 0 atom stereocenters. The molecule has 7 rings (SSSR count). The van der Waals surface area contributed by atoms with Crippen LogP contribution in [0.3, 0.4) is 0 Å². The number of fused-ring (bicyclic) bond motifs is 3. The van der Waals surface area contributed by atoms with E-state index in [4.69, 9.17) is 0 Å². The molecule has 0 fully saturated rings. The molecular weight excluding hydrogens is 474 g/mol. The zero-order chi connectivity index (χ0) is 26.0. The first-order valence-corrected chi connectivity index (χ1v) is 13.2. The maximum absolute atomic E-state index is 3.58. The number of hydrogen-bond donors (Lipinski definition) is 2. The number of para-hydroxylation sites is 5. The van der Waals surface area contributed by atoms with Crippen LogP contribution in [0.15, 0.2) is 152 Å². The summed E-state index contributed by atoms with van der Waals surface area (Å²) in [4.78, 5) is 0. The van der Waals surface area contributed by atoms with Crippen LogP contribution < -0.4 is 10.6 Å². The van der Waals surface area contributed by atoms with Gasteiger partial charge in [-0.3, -0.25) is 0 Å². The van der Waals surface area contributed by atoms with Gasteiger partial charge in [0.15, 0.2) is 0 Å². The minimum absolute atomic E-state index is 1.03. The van der Waals surface area contributed by atoms with Gasteiger partial charge in [0, 0.05) is 27.8 Å². The number of benzene rings is 6. The summed E-state index contributed by atoms with van der Waals surface area (Å²) in [6.07, 6.45) is 0. The lowest BCUT2D eigenvalue weighted by molar-refractivity contribution is 1.18. The zero-order valence-corrected chi connectivity index (χ0v) is 21.4. The number of aromatic nitrogens is 1. The summed E-state index contributed by atoms with van der Waals surface area (Å²) in [5, 5.41) is 9.61. The molecule has 0 aliphatic rings. The molecule has 0 bridgehead atoms.